The fraction of sp³-hybridized carbons (Fsp3) is 0.278. The van der Waals surface area contributed by atoms with Gasteiger partial charge in [-0.1, -0.05) is 11.6 Å². The summed E-state index contributed by atoms with van der Waals surface area (Å²) in [6.07, 6.45) is 1.24. The van der Waals surface area contributed by atoms with Crippen LogP contribution in [0.5, 0.6) is 11.5 Å². The molecule has 0 aliphatic rings. The van der Waals surface area contributed by atoms with Crippen LogP contribution in [0.25, 0.3) is 0 Å². The number of halogens is 1. The molecule has 0 aliphatic carbocycles. The Kier molecular flexibility index (Phi) is 7.28. The molecule has 0 atom stereocenters. The van der Waals surface area contributed by atoms with Gasteiger partial charge < -0.3 is 14.8 Å². The van der Waals surface area contributed by atoms with Gasteiger partial charge in [0, 0.05) is 22.4 Å². The topological polar surface area (TPSA) is 47.6 Å². The molecular formula is C18H20ClNO3S. The number of carbonyl (C=O) groups excluding carboxylic acids is 1. The third-order valence-electron chi connectivity index (χ3n) is 3.31. The Morgan fingerprint density at radius 2 is 1.88 bits per heavy atom. The lowest BCUT2D eigenvalue weighted by atomic mass is 10.2. The summed E-state index contributed by atoms with van der Waals surface area (Å²) < 4.78 is 10.4. The van der Waals surface area contributed by atoms with Crippen molar-refractivity contribution in [1.82, 2.24) is 0 Å². The van der Waals surface area contributed by atoms with E-state index < -0.39 is 0 Å². The first-order chi connectivity index (χ1) is 11.6. The lowest BCUT2D eigenvalue weighted by molar-refractivity contribution is -0.116. The van der Waals surface area contributed by atoms with Crippen molar-refractivity contribution in [3.8, 4) is 11.5 Å². The highest BCUT2D eigenvalue weighted by Gasteiger charge is 2.09. The quantitative estimate of drug-likeness (QED) is 0.535. The van der Waals surface area contributed by atoms with Gasteiger partial charge in [0.1, 0.15) is 11.5 Å². The lowest BCUT2D eigenvalue weighted by Crippen LogP contribution is -2.12. The predicted octanol–water partition coefficient (Wildman–Crippen LogP) is 4.87. The molecule has 0 saturated heterocycles. The molecule has 2 rings (SSSR count). The van der Waals surface area contributed by atoms with Crippen molar-refractivity contribution in [2.45, 2.75) is 17.7 Å². The van der Waals surface area contributed by atoms with Crippen molar-refractivity contribution < 1.29 is 14.3 Å². The average Bonchev–Trinajstić information content (AvgIpc) is 2.60. The molecule has 0 aliphatic heterocycles. The lowest BCUT2D eigenvalue weighted by Gasteiger charge is -2.11. The molecule has 0 unspecified atom stereocenters. The fourth-order valence-corrected chi connectivity index (χ4v) is 3.05. The normalized spacial score (nSPS) is 10.3. The van der Waals surface area contributed by atoms with Crippen molar-refractivity contribution in [2.24, 2.45) is 0 Å². The summed E-state index contributed by atoms with van der Waals surface area (Å²) in [5.74, 6) is 2.10. The van der Waals surface area contributed by atoms with Crippen LogP contribution >= 0.6 is 23.4 Å². The Balaban J connectivity index is 1.78. The zero-order chi connectivity index (χ0) is 17.4. The third kappa shape index (κ3) is 5.65. The largest absolute Gasteiger partial charge is 0.497 e. The van der Waals surface area contributed by atoms with Gasteiger partial charge >= 0.3 is 0 Å². The van der Waals surface area contributed by atoms with E-state index in [9.17, 15) is 4.79 Å². The average molecular weight is 366 g/mol. The van der Waals surface area contributed by atoms with Gasteiger partial charge in [0.15, 0.2) is 0 Å². The molecule has 1 amide bonds. The fourth-order valence-electron chi connectivity index (χ4n) is 2.07. The van der Waals surface area contributed by atoms with Gasteiger partial charge in [0.05, 0.1) is 19.9 Å². The Labute approximate surface area is 151 Å². The number of carbonyl (C=O) groups is 1. The van der Waals surface area contributed by atoms with Gasteiger partial charge in [-0.05, 0) is 48.6 Å². The summed E-state index contributed by atoms with van der Waals surface area (Å²) in [6.45, 7) is 0. The number of ether oxygens (including phenoxy) is 2. The Morgan fingerprint density at radius 1 is 1.12 bits per heavy atom. The summed E-state index contributed by atoms with van der Waals surface area (Å²) >= 11 is 7.57. The molecule has 4 nitrogen and oxygen atoms in total. The maximum atomic E-state index is 12.1. The smallest absolute Gasteiger partial charge is 0.224 e. The zero-order valence-electron chi connectivity index (χ0n) is 13.7. The van der Waals surface area contributed by atoms with Gasteiger partial charge in [-0.15, -0.1) is 11.8 Å². The van der Waals surface area contributed by atoms with E-state index in [-0.39, 0.29) is 5.91 Å². The van der Waals surface area contributed by atoms with E-state index in [2.05, 4.69) is 5.32 Å². The van der Waals surface area contributed by atoms with Crippen LogP contribution in [-0.2, 0) is 4.79 Å². The summed E-state index contributed by atoms with van der Waals surface area (Å²) in [5.41, 5.74) is 0.647. The van der Waals surface area contributed by atoms with Crippen molar-refractivity contribution >= 4 is 35.0 Å². The first-order valence-electron chi connectivity index (χ1n) is 7.52. The summed E-state index contributed by atoms with van der Waals surface area (Å²) in [7, 11) is 3.15. The summed E-state index contributed by atoms with van der Waals surface area (Å²) in [4.78, 5) is 13.2. The van der Waals surface area contributed by atoms with Crippen LogP contribution in [0.2, 0.25) is 5.02 Å². The number of methoxy groups -OCH3 is 2. The Hall–Kier alpha value is -1.85. The van der Waals surface area contributed by atoms with E-state index in [1.807, 2.05) is 24.3 Å². The number of hydrogen-bond donors (Lipinski definition) is 1. The number of benzene rings is 2. The first-order valence-corrected chi connectivity index (χ1v) is 8.89. The number of rotatable bonds is 8. The van der Waals surface area contributed by atoms with Crippen LogP contribution < -0.4 is 14.8 Å². The molecule has 1 N–H and O–H groups in total. The standard InChI is InChI=1S/C18H20ClNO3S/c1-22-14-7-10-16(17(12-14)23-2)20-18(21)4-3-11-24-15-8-5-13(19)6-9-15/h5-10,12H,3-4,11H2,1-2H3,(H,20,21). The van der Waals surface area contributed by atoms with Crippen LogP contribution in [0.1, 0.15) is 12.8 Å². The summed E-state index contributed by atoms with van der Waals surface area (Å²) in [6, 6.07) is 13.0. The van der Waals surface area contributed by atoms with Crippen molar-refractivity contribution in [3.63, 3.8) is 0 Å². The molecule has 0 saturated carbocycles. The number of nitrogens with one attached hydrogen (secondary N) is 1. The van der Waals surface area contributed by atoms with E-state index in [0.717, 1.165) is 22.1 Å². The van der Waals surface area contributed by atoms with Crippen molar-refractivity contribution in [3.05, 3.63) is 47.5 Å². The first kappa shape index (κ1) is 18.5. The third-order valence-corrected chi connectivity index (χ3v) is 4.66. The predicted molar refractivity (Wildman–Crippen MR) is 99.6 cm³/mol. The molecule has 0 radical (unpaired) electrons. The molecule has 0 spiro atoms. The highest BCUT2D eigenvalue weighted by atomic mass is 35.5. The van der Waals surface area contributed by atoms with Gasteiger partial charge in [-0.2, -0.15) is 0 Å². The van der Waals surface area contributed by atoms with Crippen molar-refractivity contribution in [2.75, 3.05) is 25.3 Å². The summed E-state index contributed by atoms with van der Waals surface area (Å²) in [5, 5.41) is 3.60. The molecule has 0 fully saturated rings. The molecule has 0 bridgehead atoms. The molecule has 24 heavy (non-hydrogen) atoms. The maximum absolute atomic E-state index is 12.1. The monoisotopic (exact) mass is 365 g/mol. The second kappa shape index (κ2) is 9.45. The second-order valence-corrected chi connectivity index (χ2v) is 6.63. The number of thioether (sulfide) groups is 1. The second-order valence-electron chi connectivity index (χ2n) is 5.02. The van der Waals surface area contributed by atoms with Gasteiger partial charge in [-0.3, -0.25) is 4.79 Å². The highest BCUT2D eigenvalue weighted by Crippen LogP contribution is 2.29. The van der Waals surface area contributed by atoms with Gasteiger partial charge in [0.2, 0.25) is 5.91 Å². The van der Waals surface area contributed by atoms with Crippen LogP contribution in [0.4, 0.5) is 5.69 Å². The SMILES string of the molecule is COc1ccc(NC(=O)CCCSc2ccc(Cl)cc2)c(OC)c1. The zero-order valence-corrected chi connectivity index (χ0v) is 15.2. The van der Waals surface area contributed by atoms with E-state index in [4.69, 9.17) is 21.1 Å². The highest BCUT2D eigenvalue weighted by molar-refractivity contribution is 7.99. The number of amides is 1. The minimum atomic E-state index is -0.0322. The van der Waals surface area contributed by atoms with Gasteiger partial charge in [-0.25, -0.2) is 0 Å². The molecule has 0 heterocycles. The van der Waals surface area contributed by atoms with Crippen molar-refractivity contribution in [1.29, 1.82) is 0 Å². The van der Waals surface area contributed by atoms with E-state index in [1.165, 1.54) is 0 Å². The Bertz CT molecular complexity index is 676. The van der Waals surface area contributed by atoms with Crippen LogP contribution in [-0.4, -0.2) is 25.9 Å². The van der Waals surface area contributed by atoms with E-state index in [0.29, 0.717) is 23.6 Å². The minimum Gasteiger partial charge on any atom is -0.497 e. The van der Waals surface area contributed by atoms with Crippen LogP contribution in [0.3, 0.4) is 0 Å². The van der Waals surface area contributed by atoms with E-state index >= 15 is 0 Å². The van der Waals surface area contributed by atoms with Crippen LogP contribution in [0.15, 0.2) is 47.4 Å². The molecule has 128 valence electrons. The van der Waals surface area contributed by atoms with Crippen LogP contribution in [0, 0.1) is 0 Å². The Morgan fingerprint density at radius 3 is 2.54 bits per heavy atom. The maximum Gasteiger partial charge on any atom is 0.224 e. The molecule has 2 aromatic rings. The molecular weight excluding hydrogens is 346 g/mol. The minimum absolute atomic E-state index is 0.0322. The number of hydrogen-bond acceptors (Lipinski definition) is 4. The molecule has 2 aromatic carbocycles. The van der Waals surface area contributed by atoms with E-state index in [1.54, 1.807) is 44.2 Å². The van der Waals surface area contributed by atoms with Gasteiger partial charge in [0.25, 0.3) is 0 Å². The molecule has 6 heteroatoms. The number of anilines is 1. The molecule has 0 aromatic heterocycles.